The molecule has 0 saturated heterocycles. The Balaban J connectivity index is 1.49. The van der Waals surface area contributed by atoms with Crippen LogP contribution in [0.5, 0.6) is 0 Å². The minimum absolute atomic E-state index is 0.0130. The fourth-order valence-corrected chi connectivity index (χ4v) is 7.29. The molecule has 1 aliphatic carbocycles. The summed E-state index contributed by atoms with van der Waals surface area (Å²) in [7, 11) is -3.27. The van der Waals surface area contributed by atoms with Gasteiger partial charge in [0.25, 0.3) is 0 Å². The number of halogens is 2. The Kier molecular flexibility index (Phi) is 6.45. The van der Waals surface area contributed by atoms with Crippen molar-refractivity contribution in [1.82, 2.24) is 19.6 Å². The largest absolute Gasteiger partial charge is 0.326 e. The first-order valence-corrected chi connectivity index (χ1v) is 13.9. The molecule has 0 bridgehead atoms. The molecule has 0 radical (unpaired) electrons. The molecule has 4 aromatic rings. The average Bonchev–Trinajstić information content (AvgIpc) is 3.19. The van der Waals surface area contributed by atoms with Crippen LogP contribution < -0.4 is 11.1 Å². The van der Waals surface area contributed by atoms with Gasteiger partial charge in [0.1, 0.15) is 11.6 Å². The van der Waals surface area contributed by atoms with Gasteiger partial charge in [0, 0.05) is 18.5 Å². The van der Waals surface area contributed by atoms with Crippen LogP contribution in [0.4, 0.5) is 20.4 Å². The van der Waals surface area contributed by atoms with Crippen molar-refractivity contribution in [2.75, 3.05) is 11.6 Å². The standard InChI is InChI=1S/C26H28F2N6O2S/c1-14-8-19(27)24(20(28)9-14)22-5-4-17-12-31-26(34(17)33-22)32-23-13-30-7-6-18(23)16-10-15(2)25(21(29)11-16)37(3,35)36/h4-9,12-13,15-16,21,25H,10-11,29H2,1-3H3,(H,31,32). The lowest BCUT2D eigenvalue weighted by Crippen LogP contribution is -2.48. The lowest BCUT2D eigenvalue weighted by molar-refractivity contribution is 0.309. The number of anilines is 2. The number of fused-ring (bicyclic) bond motifs is 1. The Morgan fingerprint density at radius 1 is 1.11 bits per heavy atom. The van der Waals surface area contributed by atoms with E-state index < -0.39 is 32.8 Å². The van der Waals surface area contributed by atoms with Crippen molar-refractivity contribution in [3.8, 4) is 11.3 Å². The van der Waals surface area contributed by atoms with E-state index in [1.807, 2.05) is 13.0 Å². The predicted octanol–water partition coefficient (Wildman–Crippen LogP) is 4.38. The van der Waals surface area contributed by atoms with Crippen molar-refractivity contribution >= 4 is 27.0 Å². The number of sulfone groups is 1. The number of nitrogens with zero attached hydrogens (tertiary/aromatic N) is 4. The number of imidazole rings is 1. The summed E-state index contributed by atoms with van der Waals surface area (Å²) in [5.41, 5.74) is 9.00. The second-order valence-corrected chi connectivity index (χ2v) is 12.1. The number of benzene rings is 1. The van der Waals surface area contributed by atoms with Crippen molar-refractivity contribution in [2.24, 2.45) is 11.7 Å². The minimum atomic E-state index is -3.27. The first-order valence-electron chi connectivity index (χ1n) is 12.0. The monoisotopic (exact) mass is 526 g/mol. The molecule has 4 atom stereocenters. The molecule has 3 heterocycles. The van der Waals surface area contributed by atoms with Crippen LogP contribution >= 0.6 is 0 Å². The van der Waals surface area contributed by atoms with Gasteiger partial charge in [0.2, 0.25) is 5.95 Å². The zero-order valence-electron chi connectivity index (χ0n) is 20.7. The average molecular weight is 527 g/mol. The van der Waals surface area contributed by atoms with E-state index in [1.54, 1.807) is 37.6 Å². The molecule has 0 aliphatic heterocycles. The van der Waals surface area contributed by atoms with Gasteiger partial charge in [0.05, 0.1) is 40.1 Å². The van der Waals surface area contributed by atoms with E-state index in [9.17, 15) is 17.2 Å². The normalized spacial score (nSPS) is 22.3. The molecule has 5 rings (SSSR count). The van der Waals surface area contributed by atoms with E-state index in [2.05, 4.69) is 20.4 Å². The highest BCUT2D eigenvalue weighted by Crippen LogP contribution is 2.41. The van der Waals surface area contributed by atoms with Gasteiger partial charge in [-0.25, -0.2) is 22.2 Å². The highest BCUT2D eigenvalue weighted by molar-refractivity contribution is 7.91. The highest BCUT2D eigenvalue weighted by Gasteiger charge is 2.40. The van der Waals surface area contributed by atoms with Crippen molar-refractivity contribution in [1.29, 1.82) is 0 Å². The molecular formula is C26H28F2N6O2S. The molecule has 3 N–H and O–H groups in total. The van der Waals surface area contributed by atoms with Gasteiger partial charge in [0.15, 0.2) is 9.84 Å². The summed E-state index contributed by atoms with van der Waals surface area (Å²) in [5.74, 6) is -1.13. The number of hydrogen-bond donors (Lipinski definition) is 2. The summed E-state index contributed by atoms with van der Waals surface area (Å²) in [6, 6.07) is 7.18. The molecule has 4 unspecified atom stereocenters. The summed E-state index contributed by atoms with van der Waals surface area (Å²) >= 11 is 0. The summed E-state index contributed by atoms with van der Waals surface area (Å²) in [5, 5.41) is 7.14. The number of nitrogens with two attached hydrogens (primary N) is 1. The lowest BCUT2D eigenvalue weighted by atomic mass is 9.76. The quantitative estimate of drug-likeness (QED) is 0.397. The Hall–Kier alpha value is -3.44. The molecule has 11 heteroatoms. The fourth-order valence-electron chi connectivity index (χ4n) is 5.59. The van der Waals surface area contributed by atoms with Crippen molar-refractivity contribution < 1.29 is 17.2 Å². The molecule has 1 saturated carbocycles. The maximum atomic E-state index is 14.6. The molecule has 1 aromatic carbocycles. The van der Waals surface area contributed by atoms with Gasteiger partial charge in [-0.1, -0.05) is 6.92 Å². The summed E-state index contributed by atoms with van der Waals surface area (Å²) < 4.78 is 55.3. The second kappa shape index (κ2) is 9.46. The van der Waals surface area contributed by atoms with Gasteiger partial charge in [-0.3, -0.25) is 4.98 Å². The topological polar surface area (TPSA) is 115 Å². The SMILES string of the molecule is Cc1cc(F)c(-c2ccc3cnc(Nc4cnccc4C4CC(C)C(S(C)(=O)=O)C(N)C4)n3n2)c(F)c1. The Morgan fingerprint density at radius 2 is 1.84 bits per heavy atom. The van der Waals surface area contributed by atoms with E-state index in [0.29, 0.717) is 35.6 Å². The van der Waals surface area contributed by atoms with Crippen molar-refractivity contribution in [3.05, 3.63) is 71.7 Å². The molecule has 0 amide bonds. The van der Waals surface area contributed by atoms with Gasteiger partial charge in [-0.2, -0.15) is 9.61 Å². The third-order valence-electron chi connectivity index (χ3n) is 7.06. The van der Waals surface area contributed by atoms with E-state index in [0.717, 1.165) is 5.56 Å². The van der Waals surface area contributed by atoms with Gasteiger partial charge in [-0.05, 0) is 73.1 Å². The maximum absolute atomic E-state index is 14.6. The number of pyridine rings is 1. The summed E-state index contributed by atoms with van der Waals surface area (Å²) in [4.78, 5) is 8.66. The van der Waals surface area contributed by atoms with Crippen LogP contribution in [-0.2, 0) is 9.84 Å². The smallest absolute Gasteiger partial charge is 0.229 e. The molecule has 8 nitrogen and oxygen atoms in total. The fraction of sp³-hybridized carbons (Fsp3) is 0.346. The van der Waals surface area contributed by atoms with Crippen LogP contribution in [0.15, 0.2) is 48.9 Å². The number of aryl methyl sites for hydroxylation is 1. The van der Waals surface area contributed by atoms with Crippen LogP contribution in [-0.4, -0.2) is 45.5 Å². The molecule has 1 aliphatic rings. The Morgan fingerprint density at radius 3 is 2.51 bits per heavy atom. The Labute approximate surface area is 213 Å². The second-order valence-electron chi connectivity index (χ2n) is 9.93. The van der Waals surface area contributed by atoms with Gasteiger partial charge >= 0.3 is 0 Å². The molecule has 0 spiro atoms. The summed E-state index contributed by atoms with van der Waals surface area (Å²) in [6.07, 6.45) is 7.36. The maximum Gasteiger partial charge on any atom is 0.229 e. The zero-order chi connectivity index (χ0) is 26.5. The third kappa shape index (κ3) is 4.80. The van der Waals surface area contributed by atoms with Crippen LogP contribution in [0, 0.1) is 24.5 Å². The lowest BCUT2D eigenvalue weighted by Gasteiger charge is -2.38. The van der Waals surface area contributed by atoms with E-state index >= 15 is 0 Å². The van der Waals surface area contributed by atoms with Gasteiger partial charge in [-0.15, -0.1) is 0 Å². The predicted molar refractivity (Wildman–Crippen MR) is 138 cm³/mol. The van der Waals surface area contributed by atoms with Crippen molar-refractivity contribution in [2.45, 2.75) is 43.9 Å². The number of nitrogens with one attached hydrogen (secondary N) is 1. The molecule has 37 heavy (non-hydrogen) atoms. The first kappa shape index (κ1) is 25.2. The highest BCUT2D eigenvalue weighted by atomic mass is 32.2. The van der Waals surface area contributed by atoms with Crippen LogP contribution in [0.25, 0.3) is 16.8 Å². The number of hydrogen-bond acceptors (Lipinski definition) is 7. The number of aromatic nitrogens is 4. The molecule has 194 valence electrons. The van der Waals surface area contributed by atoms with Crippen LogP contribution in [0.3, 0.4) is 0 Å². The minimum Gasteiger partial charge on any atom is -0.326 e. The first-order chi connectivity index (χ1) is 17.5. The van der Waals surface area contributed by atoms with E-state index in [-0.39, 0.29) is 23.1 Å². The zero-order valence-corrected chi connectivity index (χ0v) is 21.5. The van der Waals surface area contributed by atoms with Crippen LogP contribution in [0.2, 0.25) is 0 Å². The van der Waals surface area contributed by atoms with Crippen molar-refractivity contribution in [3.63, 3.8) is 0 Å². The molecule has 3 aromatic heterocycles. The summed E-state index contributed by atoms with van der Waals surface area (Å²) in [6.45, 7) is 3.54. The van der Waals surface area contributed by atoms with Gasteiger partial charge < -0.3 is 11.1 Å². The van der Waals surface area contributed by atoms with Crippen LogP contribution in [0.1, 0.15) is 36.8 Å². The number of rotatable bonds is 5. The molecular weight excluding hydrogens is 498 g/mol. The van der Waals surface area contributed by atoms with E-state index in [4.69, 9.17) is 5.73 Å². The third-order valence-corrected chi connectivity index (χ3v) is 8.86. The Bertz CT molecular complexity index is 1550. The van der Waals surface area contributed by atoms with E-state index in [1.165, 1.54) is 22.9 Å². The molecule has 1 fully saturated rings.